The Balaban J connectivity index is 1.98. The molecular weight excluding hydrogens is 290 g/mol. The van der Waals surface area contributed by atoms with Crippen LogP contribution in [0.4, 0.5) is 0 Å². The first-order valence-corrected chi connectivity index (χ1v) is 7.35. The van der Waals surface area contributed by atoms with Crippen molar-refractivity contribution >= 4 is 34.7 Å². The number of esters is 1. The van der Waals surface area contributed by atoms with E-state index >= 15 is 0 Å². The number of carbonyl (C=O) groups is 2. The van der Waals surface area contributed by atoms with E-state index in [1.54, 1.807) is 6.92 Å². The van der Waals surface area contributed by atoms with Crippen molar-refractivity contribution in [2.75, 3.05) is 13.7 Å². The summed E-state index contributed by atoms with van der Waals surface area (Å²) >= 11 is 1.31. The summed E-state index contributed by atoms with van der Waals surface area (Å²) in [6.07, 6.45) is 0. The fraction of sp³-hybridized carbons (Fsp3) is 0.357. The van der Waals surface area contributed by atoms with Gasteiger partial charge in [-0.2, -0.15) is 0 Å². The van der Waals surface area contributed by atoms with Gasteiger partial charge in [-0.3, -0.25) is 9.59 Å². The maximum Gasteiger partial charge on any atom is 0.325 e. The number of aryl methyl sites for hydroxylation is 1. The van der Waals surface area contributed by atoms with Gasteiger partial charge in [0.25, 0.3) is 0 Å². The number of rotatable bonds is 5. The summed E-state index contributed by atoms with van der Waals surface area (Å²) in [6, 6.07) is 5.94. The largest absolute Gasteiger partial charge is 0.468 e. The number of hydrogen-bond donors (Lipinski definition) is 2. The Hall–Kier alpha value is -2.02. The molecule has 0 fully saturated rings. The van der Waals surface area contributed by atoms with Crippen LogP contribution in [0.25, 0.3) is 11.0 Å². The van der Waals surface area contributed by atoms with Gasteiger partial charge in [0.2, 0.25) is 5.91 Å². The van der Waals surface area contributed by atoms with E-state index in [1.165, 1.54) is 18.9 Å². The van der Waals surface area contributed by atoms with Crippen molar-refractivity contribution in [1.82, 2.24) is 15.3 Å². The molecule has 0 saturated carbocycles. The number of aromatic amines is 1. The van der Waals surface area contributed by atoms with Crippen molar-refractivity contribution < 1.29 is 14.3 Å². The second-order valence-electron chi connectivity index (χ2n) is 4.62. The van der Waals surface area contributed by atoms with Gasteiger partial charge in [-0.1, -0.05) is 17.8 Å². The predicted molar refractivity (Wildman–Crippen MR) is 81.2 cm³/mol. The molecule has 6 nitrogen and oxygen atoms in total. The van der Waals surface area contributed by atoms with E-state index in [0.717, 1.165) is 16.6 Å². The molecule has 0 saturated heterocycles. The Bertz CT molecular complexity index is 669. The molecule has 1 heterocycles. The highest BCUT2D eigenvalue weighted by atomic mass is 32.2. The number of imidazole rings is 1. The lowest BCUT2D eigenvalue weighted by atomic mass is 10.2. The highest BCUT2D eigenvalue weighted by molar-refractivity contribution is 8.00. The molecule has 21 heavy (non-hydrogen) atoms. The minimum atomic E-state index is -0.472. The molecule has 2 rings (SSSR count). The summed E-state index contributed by atoms with van der Waals surface area (Å²) in [7, 11) is 1.28. The SMILES string of the molecule is COC(=O)CNC(=O)[C@@H](C)Sc1nc2ccc(C)cc2[nH]1. The van der Waals surface area contributed by atoms with Crippen molar-refractivity contribution in [2.45, 2.75) is 24.3 Å². The second kappa shape index (κ2) is 6.62. The summed E-state index contributed by atoms with van der Waals surface area (Å²) in [5.74, 6) is -0.707. The lowest BCUT2D eigenvalue weighted by Gasteiger charge is -2.09. The van der Waals surface area contributed by atoms with Crippen LogP contribution in [-0.2, 0) is 14.3 Å². The summed E-state index contributed by atoms with van der Waals surface area (Å²) < 4.78 is 4.47. The van der Waals surface area contributed by atoms with Gasteiger partial charge in [0, 0.05) is 0 Å². The van der Waals surface area contributed by atoms with Crippen LogP contribution in [0.3, 0.4) is 0 Å². The van der Waals surface area contributed by atoms with Crippen LogP contribution in [0.2, 0.25) is 0 Å². The third-order valence-corrected chi connectivity index (χ3v) is 3.89. The van der Waals surface area contributed by atoms with Gasteiger partial charge in [0.1, 0.15) is 6.54 Å². The molecule has 0 aliphatic carbocycles. The molecule has 0 bridgehead atoms. The topological polar surface area (TPSA) is 84.1 Å². The van der Waals surface area contributed by atoms with Crippen molar-refractivity contribution in [3.8, 4) is 0 Å². The normalized spacial score (nSPS) is 12.1. The Labute approximate surface area is 126 Å². The molecule has 1 aromatic heterocycles. The van der Waals surface area contributed by atoms with Crippen LogP contribution < -0.4 is 5.32 Å². The number of ether oxygens (including phenoxy) is 1. The number of thioether (sulfide) groups is 1. The number of benzene rings is 1. The average Bonchev–Trinajstić information content (AvgIpc) is 2.85. The maximum atomic E-state index is 11.9. The Kier molecular flexibility index (Phi) is 4.85. The van der Waals surface area contributed by atoms with Crippen molar-refractivity contribution in [3.05, 3.63) is 23.8 Å². The number of H-pyrrole nitrogens is 1. The molecule has 0 aliphatic rings. The Morgan fingerprint density at radius 3 is 2.95 bits per heavy atom. The summed E-state index contributed by atoms with van der Waals surface area (Å²) in [4.78, 5) is 30.4. The van der Waals surface area contributed by atoms with E-state index in [1.807, 2.05) is 25.1 Å². The maximum absolute atomic E-state index is 11.9. The van der Waals surface area contributed by atoms with E-state index in [0.29, 0.717) is 5.16 Å². The number of aromatic nitrogens is 2. The highest BCUT2D eigenvalue weighted by Crippen LogP contribution is 2.23. The number of fused-ring (bicyclic) bond motifs is 1. The van der Waals surface area contributed by atoms with Gasteiger partial charge in [-0.15, -0.1) is 0 Å². The number of methoxy groups -OCH3 is 1. The molecule has 0 radical (unpaired) electrons. The third-order valence-electron chi connectivity index (χ3n) is 2.91. The molecule has 0 aliphatic heterocycles. The fourth-order valence-corrected chi connectivity index (χ4v) is 2.60. The van der Waals surface area contributed by atoms with Crippen LogP contribution in [0.15, 0.2) is 23.4 Å². The lowest BCUT2D eigenvalue weighted by Crippen LogP contribution is -2.35. The number of amides is 1. The molecule has 0 unspecified atom stereocenters. The number of carbonyl (C=O) groups excluding carboxylic acids is 2. The summed E-state index contributed by atoms with van der Waals surface area (Å²) in [5.41, 5.74) is 2.96. The van der Waals surface area contributed by atoms with Gasteiger partial charge in [0.15, 0.2) is 5.16 Å². The zero-order valence-electron chi connectivity index (χ0n) is 12.1. The highest BCUT2D eigenvalue weighted by Gasteiger charge is 2.17. The number of nitrogens with zero attached hydrogens (tertiary/aromatic N) is 1. The Morgan fingerprint density at radius 2 is 2.24 bits per heavy atom. The molecule has 2 N–H and O–H groups in total. The molecule has 0 spiro atoms. The van der Waals surface area contributed by atoms with Crippen molar-refractivity contribution in [1.29, 1.82) is 0 Å². The lowest BCUT2D eigenvalue weighted by molar-refractivity contribution is -0.141. The minimum absolute atomic E-state index is 0.125. The first-order chi connectivity index (χ1) is 9.99. The summed E-state index contributed by atoms with van der Waals surface area (Å²) in [6.45, 7) is 3.64. The third kappa shape index (κ3) is 3.98. The van der Waals surface area contributed by atoms with Gasteiger partial charge >= 0.3 is 5.97 Å². The van der Waals surface area contributed by atoms with Gasteiger partial charge in [-0.25, -0.2) is 4.98 Å². The average molecular weight is 307 g/mol. The van der Waals surface area contributed by atoms with E-state index in [4.69, 9.17) is 0 Å². The molecule has 1 amide bonds. The van der Waals surface area contributed by atoms with Crippen molar-refractivity contribution in [3.63, 3.8) is 0 Å². The molecular formula is C14H17N3O3S. The summed E-state index contributed by atoms with van der Waals surface area (Å²) in [5, 5.41) is 2.83. The van der Waals surface area contributed by atoms with E-state index in [2.05, 4.69) is 20.0 Å². The fourth-order valence-electron chi connectivity index (χ4n) is 1.75. The van der Waals surface area contributed by atoms with E-state index in [-0.39, 0.29) is 17.7 Å². The van der Waals surface area contributed by atoms with Crippen LogP contribution in [0.1, 0.15) is 12.5 Å². The molecule has 112 valence electrons. The van der Waals surface area contributed by atoms with Crippen LogP contribution >= 0.6 is 11.8 Å². The number of nitrogens with one attached hydrogen (secondary N) is 2. The molecule has 7 heteroatoms. The molecule has 2 aromatic rings. The molecule has 1 atom stereocenters. The first kappa shape index (κ1) is 15.4. The van der Waals surface area contributed by atoms with E-state index in [9.17, 15) is 9.59 Å². The first-order valence-electron chi connectivity index (χ1n) is 6.47. The van der Waals surface area contributed by atoms with Gasteiger partial charge in [0.05, 0.1) is 23.4 Å². The minimum Gasteiger partial charge on any atom is -0.468 e. The van der Waals surface area contributed by atoms with Crippen LogP contribution in [0, 0.1) is 6.92 Å². The van der Waals surface area contributed by atoms with E-state index < -0.39 is 5.97 Å². The van der Waals surface area contributed by atoms with Gasteiger partial charge in [-0.05, 0) is 31.5 Å². The standard InChI is InChI=1S/C14H17N3O3S/c1-8-4-5-10-11(6-8)17-14(16-10)21-9(2)13(19)15-7-12(18)20-3/h4-6,9H,7H2,1-3H3,(H,15,19)(H,16,17)/t9-/m1/s1. The molecule has 1 aromatic carbocycles. The second-order valence-corrected chi connectivity index (χ2v) is 5.95. The van der Waals surface area contributed by atoms with Crippen molar-refractivity contribution in [2.24, 2.45) is 0 Å². The Morgan fingerprint density at radius 1 is 1.48 bits per heavy atom. The van der Waals surface area contributed by atoms with Crippen LogP contribution in [0.5, 0.6) is 0 Å². The zero-order valence-corrected chi connectivity index (χ0v) is 12.9. The predicted octanol–water partition coefficient (Wildman–Crippen LogP) is 1.64. The van der Waals surface area contributed by atoms with Gasteiger partial charge < -0.3 is 15.0 Å². The quantitative estimate of drug-likeness (QED) is 0.648. The van der Waals surface area contributed by atoms with Crippen LogP contribution in [-0.4, -0.2) is 40.7 Å². The number of hydrogen-bond acceptors (Lipinski definition) is 5. The smallest absolute Gasteiger partial charge is 0.325 e. The zero-order chi connectivity index (χ0) is 15.4. The monoisotopic (exact) mass is 307 g/mol.